The van der Waals surface area contributed by atoms with Gasteiger partial charge in [-0.25, -0.2) is 0 Å². The molecule has 1 aromatic carbocycles. The molecule has 0 aliphatic carbocycles. The Kier molecular flexibility index (Phi) is 5.61. The van der Waals surface area contributed by atoms with Crippen molar-refractivity contribution in [1.82, 2.24) is 10.2 Å². The van der Waals surface area contributed by atoms with Crippen LogP contribution in [-0.4, -0.2) is 43.0 Å². The topological polar surface area (TPSA) is 58.6 Å². The Hall–Kier alpha value is -2.18. The summed E-state index contributed by atoms with van der Waals surface area (Å²) in [5, 5.41) is 6.44. The molecule has 3 rings (SSSR count). The molecule has 0 spiro atoms. The minimum Gasteiger partial charge on any atom is -0.370 e. The second kappa shape index (κ2) is 8.08. The first-order valence-corrected chi connectivity index (χ1v) is 8.93. The lowest BCUT2D eigenvalue weighted by atomic mass is 10.1. The van der Waals surface area contributed by atoms with E-state index in [4.69, 9.17) is 4.74 Å². The summed E-state index contributed by atoms with van der Waals surface area (Å²) in [5.41, 5.74) is 1.73. The van der Waals surface area contributed by atoms with Crippen molar-refractivity contribution in [2.24, 2.45) is 0 Å². The maximum absolute atomic E-state index is 12.4. The van der Waals surface area contributed by atoms with Gasteiger partial charge in [0.1, 0.15) is 6.10 Å². The maximum atomic E-state index is 12.4. The predicted molar refractivity (Wildman–Crippen MR) is 93.0 cm³/mol. The zero-order chi connectivity index (χ0) is 16.8. The number of carbonyl (C=O) groups is 2. The van der Waals surface area contributed by atoms with Gasteiger partial charge in [0.2, 0.25) is 5.91 Å². The van der Waals surface area contributed by atoms with Crippen LogP contribution in [-0.2, 0) is 9.53 Å². The third-order valence-electron chi connectivity index (χ3n) is 4.00. The van der Waals surface area contributed by atoms with Gasteiger partial charge in [0.15, 0.2) is 0 Å². The molecular weight excluding hydrogens is 324 g/mol. The number of ether oxygens (including phenoxy) is 1. The number of carbonyl (C=O) groups excluding carboxylic acids is 2. The summed E-state index contributed by atoms with van der Waals surface area (Å²) in [6.07, 6.45) is 0.224. The Balaban J connectivity index is 1.47. The number of nitrogens with one attached hydrogen (secondary N) is 1. The zero-order valence-corrected chi connectivity index (χ0v) is 14.1. The van der Waals surface area contributed by atoms with E-state index in [0.717, 1.165) is 5.56 Å². The van der Waals surface area contributed by atoms with Crippen LogP contribution in [0.2, 0.25) is 0 Å². The van der Waals surface area contributed by atoms with Crippen LogP contribution in [0.5, 0.6) is 0 Å². The largest absolute Gasteiger partial charge is 0.370 e. The molecule has 2 amide bonds. The minimum atomic E-state index is -0.131. The van der Waals surface area contributed by atoms with Gasteiger partial charge in [-0.1, -0.05) is 30.3 Å². The van der Waals surface area contributed by atoms with Crippen molar-refractivity contribution >= 4 is 23.2 Å². The average molecular weight is 344 g/mol. The second-order valence-corrected chi connectivity index (χ2v) is 6.41. The number of thiophene rings is 1. The van der Waals surface area contributed by atoms with Crippen LogP contribution >= 0.6 is 11.3 Å². The molecule has 126 valence electrons. The highest BCUT2D eigenvalue weighted by molar-refractivity contribution is 7.08. The van der Waals surface area contributed by atoms with Crippen LogP contribution in [0.4, 0.5) is 0 Å². The molecule has 1 N–H and O–H groups in total. The number of morpholine rings is 1. The number of benzene rings is 1. The molecule has 0 radical (unpaired) electrons. The SMILES string of the molecule is O=C(NCCC(=O)N1CCOC(c2ccccc2)C1)c1ccsc1. The Labute approximate surface area is 145 Å². The Morgan fingerprint density at radius 3 is 2.83 bits per heavy atom. The Morgan fingerprint density at radius 1 is 1.25 bits per heavy atom. The number of nitrogens with zero attached hydrogens (tertiary/aromatic N) is 1. The minimum absolute atomic E-state index is 0.0462. The first-order chi connectivity index (χ1) is 11.7. The van der Waals surface area contributed by atoms with E-state index >= 15 is 0 Å². The van der Waals surface area contributed by atoms with Gasteiger partial charge >= 0.3 is 0 Å². The number of rotatable bonds is 5. The van der Waals surface area contributed by atoms with Gasteiger partial charge in [0, 0.05) is 30.5 Å². The molecule has 1 fully saturated rings. The van der Waals surface area contributed by atoms with E-state index in [1.807, 2.05) is 40.6 Å². The summed E-state index contributed by atoms with van der Waals surface area (Å²) in [6, 6.07) is 11.7. The fraction of sp³-hybridized carbons (Fsp3) is 0.333. The van der Waals surface area contributed by atoms with E-state index in [2.05, 4.69) is 5.32 Å². The predicted octanol–water partition coefficient (Wildman–Crippen LogP) is 2.47. The van der Waals surface area contributed by atoms with Crippen molar-refractivity contribution in [3.63, 3.8) is 0 Å². The number of hydrogen-bond donors (Lipinski definition) is 1. The van der Waals surface area contributed by atoms with Gasteiger partial charge in [-0.3, -0.25) is 9.59 Å². The molecule has 0 saturated carbocycles. The summed E-state index contributed by atoms with van der Waals surface area (Å²) in [4.78, 5) is 26.0. The van der Waals surface area contributed by atoms with Gasteiger partial charge in [0.25, 0.3) is 5.91 Å². The van der Waals surface area contributed by atoms with Crippen molar-refractivity contribution in [1.29, 1.82) is 0 Å². The van der Waals surface area contributed by atoms with Crippen molar-refractivity contribution in [2.45, 2.75) is 12.5 Å². The van der Waals surface area contributed by atoms with E-state index in [-0.39, 0.29) is 17.9 Å². The van der Waals surface area contributed by atoms with E-state index in [1.165, 1.54) is 11.3 Å². The van der Waals surface area contributed by atoms with E-state index in [0.29, 0.717) is 38.2 Å². The second-order valence-electron chi connectivity index (χ2n) is 5.63. The first-order valence-electron chi connectivity index (χ1n) is 7.99. The highest BCUT2D eigenvalue weighted by atomic mass is 32.1. The molecule has 2 aromatic rings. The smallest absolute Gasteiger partial charge is 0.252 e. The van der Waals surface area contributed by atoms with Crippen LogP contribution in [0.25, 0.3) is 0 Å². The fourth-order valence-corrected chi connectivity index (χ4v) is 3.32. The van der Waals surface area contributed by atoms with Crippen LogP contribution < -0.4 is 5.32 Å². The third-order valence-corrected chi connectivity index (χ3v) is 4.68. The average Bonchev–Trinajstić information content (AvgIpc) is 3.17. The van der Waals surface area contributed by atoms with Crippen LogP contribution in [0.3, 0.4) is 0 Å². The summed E-state index contributed by atoms with van der Waals surface area (Å²) < 4.78 is 5.77. The lowest BCUT2D eigenvalue weighted by Crippen LogP contribution is -2.43. The van der Waals surface area contributed by atoms with Crippen LogP contribution in [0.15, 0.2) is 47.2 Å². The normalized spacial score (nSPS) is 17.5. The molecular formula is C18H20N2O3S. The highest BCUT2D eigenvalue weighted by Crippen LogP contribution is 2.22. The molecule has 1 aliphatic heterocycles. The lowest BCUT2D eigenvalue weighted by molar-refractivity contribution is -0.138. The van der Waals surface area contributed by atoms with Crippen molar-refractivity contribution in [3.8, 4) is 0 Å². The van der Waals surface area contributed by atoms with Gasteiger partial charge in [0.05, 0.1) is 13.2 Å². The lowest BCUT2D eigenvalue weighted by Gasteiger charge is -2.33. The Bertz CT molecular complexity index is 673. The van der Waals surface area contributed by atoms with Gasteiger partial charge < -0.3 is 15.0 Å². The zero-order valence-electron chi connectivity index (χ0n) is 13.3. The third kappa shape index (κ3) is 4.21. The van der Waals surface area contributed by atoms with Crippen LogP contribution in [0.1, 0.15) is 28.4 Å². The van der Waals surface area contributed by atoms with Gasteiger partial charge in [-0.2, -0.15) is 11.3 Å². The maximum Gasteiger partial charge on any atom is 0.252 e. The standard InChI is InChI=1S/C18H20N2O3S/c21-17(6-8-19-18(22)15-7-11-24-13-15)20-9-10-23-16(12-20)14-4-2-1-3-5-14/h1-5,7,11,13,16H,6,8-10,12H2,(H,19,22). The van der Waals surface area contributed by atoms with E-state index in [1.54, 1.807) is 11.4 Å². The number of amides is 2. The number of hydrogen-bond acceptors (Lipinski definition) is 4. The molecule has 24 heavy (non-hydrogen) atoms. The molecule has 5 nitrogen and oxygen atoms in total. The van der Waals surface area contributed by atoms with Crippen molar-refractivity contribution < 1.29 is 14.3 Å². The van der Waals surface area contributed by atoms with E-state index in [9.17, 15) is 9.59 Å². The fourth-order valence-electron chi connectivity index (χ4n) is 2.68. The van der Waals surface area contributed by atoms with E-state index < -0.39 is 0 Å². The molecule has 2 heterocycles. The molecule has 1 aromatic heterocycles. The van der Waals surface area contributed by atoms with Crippen molar-refractivity contribution in [3.05, 3.63) is 58.3 Å². The molecule has 6 heteroatoms. The molecule has 1 atom stereocenters. The summed E-state index contributed by atoms with van der Waals surface area (Å²) >= 11 is 1.48. The molecule has 0 bridgehead atoms. The van der Waals surface area contributed by atoms with Crippen LogP contribution in [0, 0.1) is 0 Å². The highest BCUT2D eigenvalue weighted by Gasteiger charge is 2.25. The van der Waals surface area contributed by atoms with Crippen molar-refractivity contribution in [2.75, 3.05) is 26.2 Å². The monoisotopic (exact) mass is 344 g/mol. The van der Waals surface area contributed by atoms with Gasteiger partial charge in [-0.05, 0) is 17.0 Å². The quantitative estimate of drug-likeness (QED) is 0.906. The summed E-state index contributed by atoms with van der Waals surface area (Å²) in [5.74, 6) is -0.0851. The summed E-state index contributed by atoms with van der Waals surface area (Å²) in [7, 11) is 0. The summed E-state index contributed by atoms with van der Waals surface area (Å²) in [6.45, 7) is 2.04. The van der Waals surface area contributed by atoms with Gasteiger partial charge in [-0.15, -0.1) is 0 Å². The molecule has 1 aliphatic rings. The first kappa shape index (κ1) is 16.7. The molecule has 1 saturated heterocycles. The Morgan fingerprint density at radius 2 is 2.08 bits per heavy atom. The molecule has 1 unspecified atom stereocenters.